The fraction of sp³-hybridized carbons (Fsp3) is 0.952. The Kier molecular flexibility index (Phi) is 16.7. The van der Waals surface area contributed by atoms with Crippen molar-refractivity contribution in [2.24, 2.45) is 0 Å². The molecule has 0 aromatic carbocycles. The molecule has 0 saturated carbocycles. The van der Waals surface area contributed by atoms with Gasteiger partial charge in [-0.2, -0.15) is 0 Å². The average Bonchev–Trinajstić information content (AvgIpc) is 2.54. The first-order chi connectivity index (χ1) is 11.1. The minimum Gasteiger partial charge on any atom is -0.366 e. The van der Waals surface area contributed by atoms with Crippen molar-refractivity contribution in [1.82, 2.24) is 0 Å². The molecule has 139 valence electrons. The van der Waals surface area contributed by atoms with Gasteiger partial charge in [0.05, 0.1) is 0 Å². The van der Waals surface area contributed by atoms with Gasteiger partial charge in [-0.25, -0.2) is 0 Å². The summed E-state index contributed by atoms with van der Waals surface area (Å²) in [5, 5.41) is 18.9. The Morgan fingerprint density at radius 2 is 0.870 bits per heavy atom. The van der Waals surface area contributed by atoms with Crippen LogP contribution in [0.1, 0.15) is 122 Å². The molecule has 0 rings (SSSR count). The molecule has 2 N–H and O–H groups in total. The highest BCUT2D eigenvalue weighted by molar-refractivity contribution is 4.65. The fourth-order valence-electron chi connectivity index (χ4n) is 3.08. The monoisotopic (exact) mass is 327 g/mol. The van der Waals surface area contributed by atoms with Gasteiger partial charge in [0.15, 0.2) is 5.79 Å². The zero-order chi connectivity index (χ0) is 17.2. The van der Waals surface area contributed by atoms with Crippen LogP contribution in [0.2, 0.25) is 0 Å². The molecule has 0 fully saturated rings. The van der Waals surface area contributed by atoms with Gasteiger partial charge in [0, 0.05) is 12.8 Å². The van der Waals surface area contributed by atoms with Gasteiger partial charge in [-0.3, -0.25) is 0 Å². The molecule has 0 aliphatic rings. The Morgan fingerprint density at radius 1 is 0.565 bits per heavy atom. The van der Waals surface area contributed by atoms with Gasteiger partial charge in [0.1, 0.15) is 0 Å². The van der Waals surface area contributed by atoms with Crippen LogP contribution in [0.25, 0.3) is 0 Å². The lowest BCUT2D eigenvalue weighted by atomic mass is 10.0. The summed E-state index contributed by atoms with van der Waals surface area (Å²) in [7, 11) is 0. The van der Waals surface area contributed by atoms with E-state index in [2.05, 4.69) is 13.8 Å². The summed E-state index contributed by atoms with van der Waals surface area (Å²) in [6.45, 7) is 5.83. The first-order valence-electron chi connectivity index (χ1n) is 10.4. The van der Waals surface area contributed by atoms with Gasteiger partial charge in [0.2, 0.25) is 0 Å². The van der Waals surface area contributed by atoms with Crippen LogP contribution in [0.15, 0.2) is 0 Å². The van der Waals surface area contributed by atoms with E-state index >= 15 is 0 Å². The van der Waals surface area contributed by atoms with Gasteiger partial charge in [0.25, 0.3) is 0 Å². The van der Waals surface area contributed by atoms with Crippen LogP contribution in [0, 0.1) is 6.92 Å². The molecule has 2 nitrogen and oxygen atoms in total. The van der Waals surface area contributed by atoms with Crippen molar-refractivity contribution in [3.05, 3.63) is 6.92 Å². The van der Waals surface area contributed by atoms with Crippen LogP contribution in [0.3, 0.4) is 0 Å². The number of hydrogen-bond donors (Lipinski definition) is 2. The molecule has 23 heavy (non-hydrogen) atoms. The van der Waals surface area contributed by atoms with Gasteiger partial charge < -0.3 is 10.2 Å². The van der Waals surface area contributed by atoms with E-state index in [4.69, 9.17) is 0 Å². The number of aliphatic hydroxyl groups is 2. The predicted molar refractivity (Wildman–Crippen MR) is 101 cm³/mol. The van der Waals surface area contributed by atoms with E-state index in [1.54, 1.807) is 0 Å². The maximum absolute atomic E-state index is 9.43. The lowest BCUT2D eigenvalue weighted by Crippen LogP contribution is -2.26. The minimum absolute atomic E-state index is 0.186. The topological polar surface area (TPSA) is 40.5 Å². The third-order valence-electron chi connectivity index (χ3n) is 4.83. The largest absolute Gasteiger partial charge is 0.366 e. The maximum Gasteiger partial charge on any atom is 0.162 e. The van der Waals surface area contributed by atoms with Gasteiger partial charge in [-0.15, -0.1) is 0 Å². The average molecular weight is 328 g/mol. The molecule has 1 radical (unpaired) electrons. The summed E-state index contributed by atoms with van der Waals surface area (Å²) < 4.78 is 0. The number of unbranched alkanes of at least 4 members (excludes halogenated alkanes) is 15. The van der Waals surface area contributed by atoms with Gasteiger partial charge >= 0.3 is 0 Å². The van der Waals surface area contributed by atoms with Crippen molar-refractivity contribution >= 4 is 0 Å². The molecule has 0 atom stereocenters. The van der Waals surface area contributed by atoms with E-state index in [9.17, 15) is 10.2 Å². The Hall–Kier alpha value is -0.0800. The first kappa shape index (κ1) is 22.9. The zero-order valence-corrected chi connectivity index (χ0v) is 15.8. The zero-order valence-electron chi connectivity index (χ0n) is 15.8. The van der Waals surface area contributed by atoms with Crippen molar-refractivity contribution in [2.75, 3.05) is 0 Å². The Bertz CT molecular complexity index is 226. The lowest BCUT2D eigenvalue weighted by Gasteiger charge is -2.19. The van der Waals surface area contributed by atoms with Crippen LogP contribution in [-0.2, 0) is 0 Å². The maximum atomic E-state index is 9.43. The Labute approximate surface area is 146 Å². The third-order valence-corrected chi connectivity index (χ3v) is 4.83. The summed E-state index contributed by atoms with van der Waals surface area (Å²) >= 11 is 0. The van der Waals surface area contributed by atoms with Crippen molar-refractivity contribution < 1.29 is 10.2 Å². The molecule has 0 bridgehead atoms. The van der Waals surface area contributed by atoms with Crippen LogP contribution >= 0.6 is 0 Å². The summed E-state index contributed by atoms with van der Waals surface area (Å²) in [5.74, 6) is -1.53. The highest BCUT2D eigenvalue weighted by Gasteiger charge is 2.18. The second-order valence-corrected chi connectivity index (χ2v) is 7.29. The highest BCUT2D eigenvalue weighted by atomic mass is 16.5. The van der Waals surface area contributed by atoms with Crippen molar-refractivity contribution in [3.8, 4) is 0 Å². The predicted octanol–water partition coefficient (Wildman–Crippen LogP) is 6.54. The molecule has 2 heteroatoms. The van der Waals surface area contributed by atoms with Crippen molar-refractivity contribution in [2.45, 2.75) is 128 Å². The standard InChI is InChI=1S/C21H43O2/c1-3-5-6-7-8-9-10-11-12-13-14-15-16-17-18-19-20-21(22,23)4-2/h22-23H,2-20H2,1H3. The van der Waals surface area contributed by atoms with Crippen molar-refractivity contribution in [3.63, 3.8) is 0 Å². The fourth-order valence-corrected chi connectivity index (χ4v) is 3.08. The molecular weight excluding hydrogens is 284 g/mol. The quantitative estimate of drug-likeness (QED) is 0.221. The van der Waals surface area contributed by atoms with Crippen LogP contribution in [0.5, 0.6) is 0 Å². The second kappa shape index (κ2) is 16.8. The van der Waals surface area contributed by atoms with Gasteiger partial charge in [-0.05, 0) is 13.3 Å². The number of hydrogen-bond acceptors (Lipinski definition) is 2. The second-order valence-electron chi connectivity index (χ2n) is 7.29. The van der Waals surface area contributed by atoms with Gasteiger partial charge in [-0.1, -0.05) is 103 Å². The Morgan fingerprint density at radius 3 is 1.17 bits per heavy atom. The van der Waals surface area contributed by atoms with E-state index in [1.165, 1.54) is 89.9 Å². The van der Waals surface area contributed by atoms with E-state index in [1.807, 2.05) is 0 Å². The third kappa shape index (κ3) is 18.1. The van der Waals surface area contributed by atoms with Crippen LogP contribution in [-0.4, -0.2) is 16.0 Å². The molecule has 0 unspecified atom stereocenters. The van der Waals surface area contributed by atoms with Crippen molar-refractivity contribution in [1.29, 1.82) is 0 Å². The highest BCUT2D eigenvalue weighted by Crippen LogP contribution is 2.17. The Balaban J connectivity index is 3.05. The smallest absolute Gasteiger partial charge is 0.162 e. The van der Waals surface area contributed by atoms with Crippen LogP contribution in [0.4, 0.5) is 0 Å². The molecule has 0 amide bonds. The molecule has 0 aliphatic carbocycles. The summed E-state index contributed by atoms with van der Waals surface area (Å²) in [4.78, 5) is 0. The number of rotatable bonds is 18. The van der Waals surface area contributed by atoms with E-state index < -0.39 is 5.79 Å². The SMILES string of the molecule is [CH2]CC(O)(O)CCCCCCCCCCCCCCCCCC. The molecule has 0 heterocycles. The summed E-state index contributed by atoms with van der Waals surface area (Å²) in [6.07, 6.45) is 22.1. The minimum atomic E-state index is -1.53. The molecule has 0 aromatic rings. The molecule has 0 aliphatic heterocycles. The van der Waals surface area contributed by atoms with E-state index in [-0.39, 0.29) is 6.42 Å². The van der Waals surface area contributed by atoms with Crippen LogP contribution < -0.4 is 0 Å². The molecular formula is C21H43O2. The summed E-state index contributed by atoms with van der Waals surface area (Å²) in [6, 6.07) is 0. The van der Waals surface area contributed by atoms with E-state index in [0.29, 0.717) is 6.42 Å². The summed E-state index contributed by atoms with van der Waals surface area (Å²) in [5.41, 5.74) is 0. The van der Waals surface area contributed by atoms with E-state index in [0.717, 1.165) is 12.8 Å². The normalized spacial score (nSPS) is 12.0. The lowest BCUT2D eigenvalue weighted by molar-refractivity contribution is -0.163. The molecule has 0 spiro atoms. The first-order valence-corrected chi connectivity index (χ1v) is 10.4. The molecule has 0 aromatic heterocycles. The molecule has 0 saturated heterocycles.